The van der Waals surface area contributed by atoms with E-state index in [1.165, 1.54) is 0 Å². The van der Waals surface area contributed by atoms with Crippen molar-refractivity contribution in [2.75, 3.05) is 17.2 Å². The van der Waals surface area contributed by atoms with Crippen LogP contribution in [0.15, 0.2) is 36.4 Å². The van der Waals surface area contributed by atoms with E-state index in [4.69, 9.17) is 16.3 Å². The topological polar surface area (TPSA) is 67.4 Å². The molecular formula is C20H21ClN2O3. The van der Waals surface area contributed by atoms with E-state index >= 15 is 0 Å². The first kappa shape index (κ1) is 18.3. The van der Waals surface area contributed by atoms with Crippen molar-refractivity contribution >= 4 is 34.8 Å². The molecule has 1 heterocycles. The summed E-state index contributed by atoms with van der Waals surface area (Å²) in [7, 11) is 0. The van der Waals surface area contributed by atoms with Crippen LogP contribution in [0.3, 0.4) is 0 Å². The summed E-state index contributed by atoms with van der Waals surface area (Å²) in [5, 5.41) is 6.41. The molecular weight excluding hydrogens is 352 g/mol. The monoisotopic (exact) mass is 372 g/mol. The Hall–Kier alpha value is -2.53. The van der Waals surface area contributed by atoms with E-state index < -0.39 is 0 Å². The van der Waals surface area contributed by atoms with Gasteiger partial charge in [-0.15, -0.1) is 0 Å². The van der Waals surface area contributed by atoms with Crippen molar-refractivity contribution in [3.63, 3.8) is 0 Å². The van der Waals surface area contributed by atoms with Crippen LogP contribution in [-0.2, 0) is 16.0 Å². The normalized spacial score (nSPS) is 12.9. The van der Waals surface area contributed by atoms with Gasteiger partial charge in [0.15, 0.2) is 0 Å². The molecule has 0 saturated heterocycles. The highest BCUT2D eigenvalue weighted by Gasteiger charge is 2.15. The van der Waals surface area contributed by atoms with Crippen molar-refractivity contribution < 1.29 is 14.3 Å². The molecule has 0 bridgehead atoms. The predicted octanol–water partition coefficient (Wildman–Crippen LogP) is 4.33. The second-order valence-electron chi connectivity index (χ2n) is 6.33. The summed E-state index contributed by atoms with van der Waals surface area (Å²) in [5.74, 6) is 0.762. The minimum absolute atomic E-state index is 0.0326. The van der Waals surface area contributed by atoms with Crippen LogP contribution >= 0.6 is 11.6 Å². The number of aryl methyl sites for hydroxylation is 2. The summed E-state index contributed by atoms with van der Waals surface area (Å²) in [6.45, 7) is 2.40. The number of nitrogens with one attached hydrogen (secondary N) is 2. The maximum absolute atomic E-state index is 12.1. The fraction of sp³-hybridized carbons (Fsp3) is 0.300. The molecule has 3 rings (SSSR count). The van der Waals surface area contributed by atoms with Crippen molar-refractivity contribution in [2.45, 2.75) is 32.6 Å². The molecule has 0 atom stereocenters. The average Bonchev–Trinajstić information content (AvgIpc) is 2.60. The number of hydrogen-bond donors (Lipinski definition) is 2. The second-order valence-corrected chi connectivity index (χ2v) is 6.77. The number of ether oxygens (including phenoxy) is 1. The van der Waals surface area contributed by atoms with Crippen molar-refractivity contribution in [1.29, 1.82) is 0 Å². The van der Waals surface area contributed by atoms with Crippen LogP contribution in [0, 0.1) is 6.92 Å². The van der Waals surface area contributed by atoms with Gasteiger partial charge in [0.1, 0.15) is 5.75 Å². The van der Waals surface area contributed by atoms with Crippen molar-refractivity contribution in [3.05, 3.63) is 52.5 Å². The number of fused-ring (bicyclic) bond motifs is 1. The zero-order valence-corrected chi connectivity index (χ0v) is 15.4. The molecule has 1 aliphatic heterocycles. The second kappa shape index (κ2) is 8.23. The summed E-state index contributed by atoms with van der Waals surface area (Å²) in [5.41, 5.74) is 3.59. The third-order valence-corrected chi connectivity index (χ3v) is 4.46. The largest absolute Gasteiger partial charge is 0.493 e. The Morgan fingerprint density at radius 3 is 2.88 bits per heavy atom. The number of rotatable bonds is 6. The van der Waals surface area contributed by atoms with Gasteiger partial charge in [-0.25, -0.2) is 0 Å². The molecule has 0 unspecified atom stereocenters. The summed E-state index contributed by atoms with van der Waals surface area (Å²) >= 11 is 5.92. The highest BCUT2D eigenvalue weighted by atomic mass is 35.5. The first-order valence-electron chi connectivity index (χ1n) is 8.63. The number of carbonyl (C=O) groups is 2. The molecule has 0 saturated carbocycles. The van der Waals surface area contributed by atoms with E-state index in [2.05, 4.69) is 10.6 Å². The summed E-state index contributed by atoms with van der Waals surface area (Å²) in [4.78, 5) is 23.5. The Kier molecular flexibility index (Phi) is 5.78. The third-order valence-electron chi connectivity index (χ3n) is 4.23. The SMILES string of the molecule is Cc1cc(Cl)ccc1OCCCC(=O)Nc1ccc2c(c1)CCC(=O)N2. The van der Waals surface area contributed by atoms with E-state index in [1.54, 1.807) is 12.1 Å². The minimum Gasteiger partial charge on any atom is -0.493 e. The molecule has 6 heteroatoms. The van der Waals surface area contributed by atoms with Crippen LogP contribution in [0.1, 0.15) is 30.4 Å². The number of halogens is 1. The summed E-state index contributed by atoms with van der Waals surface area (Å²) in [6.07, 6.45) is 2.17. The van der Waals surface area contributed by atoms with Crippen LogP contribution in [-0.4, -0.2) is 18.4 Å². The van der Waals surface area contributed by atoms with Crippen molar-refractivity contribution in [1.82, 2.24) is 0 Å². The first-order chi connectivity index (χ1) is 12.5. The maximum atomic E-state index is 12.1. The molecule has 2 aromatic carbocycles. The molecule has 0 aromatic heterocycles. The van der Waals surface area contributed by atoms with Crippen LogP contribution in [0.25, 0.3) is 0 Å². The Morgan fingerprint density at radius 2 is 2.08 bits per heavy atom. The molecule has 2 amide bonds. The van der Waals surface area contributed by atoms with Gasteiger partial charge < -0.3 is 15.4 Å². The fourth-order valence-electron chi connectivity index (χ4n) is 2.87. The standard InChI is InChI=1S/C20H21ClN2O3/c1-13-11-15(21)5-8-18(13)26-10-2-3-19(24)22-16-6-7-17-14(12-16)4-9-20(25)23-17/h5-8,11-12H,2-4,9-10H2,1H3,(H,22,24)(H,23,25). The molecule has 2 N–H and O–H groups in total. The molecule has 136 valence electrons. The Bertz CT molecular complexity index is 836. The van der Waals surface area contributed by atoms with Crippen molar-refractivity contribution in [3.8, 4) is 5.75 Å². The maximum Gasteiger partial charge on any atom is 0.224 e. The molecule has 1 aliphatic rings. The first-order valence-corrected chi connectivity index (χ1v) is 9.00. The fourth-order valence-corrected chi connectivity index (χ4v) is 3.10. The lowest BCUT2D eigenvalue weighted by Gasteiger charge is -2.17. The quantitative estimate of drug-likeness (QED) is 0.741. The number of hydrogen-bond acceptors (Lipinski definition) is 3. The minimum atomic E-state index is -0.0544. The van der Waals surface area contributed by atoms with E-state index in [-0.39, 0.29) is 11.8 Å². The van der Waals surface area contributed by atoms with Gasteiger partial charge in [0, 0.05) is 29.2 Å². The van der Waals surface area contributed by atoms with Gasteiger partial charge in [-0.05, 0) is 67.3 Å². The number of amides is 2. The summed E-state index contributed by atoms with van der Waals surface area (Å²) < 4.78 is 5.70. The lowest BCUT2D eigenvalue weighted by atomic mass is 10.0. The predicted molar refractivity (Wildman–Crippen MR) is 103 cm³/mol. The van der Waals surface area contributed by atoms with E-state index in [1.807, 2.05) is 31.2 Å². The van der Waals surface area contributed by atoms with Crippen LogP contribution in [0.2, 0.25) is 5.02 Å². The number of anilines is 2. The lowest BCUT2D eigenvalue weighted by molar-refractivity contribution is -0.117. The van der Waals surface area contributed by atoms with Crippen LogP contribution < -0.4 is 15.4 Å². The van der Waals surface area contributed by atoms with E-state index in [0.29, 0.717) is 37.3 Å². The average molecular weight is 373 g/mol. The van der Waals surface area contributed by atoms with Gasteiger partial charge in [-0.3, -0.25) is 9.59 Å². The Balaban J connectivity index is 1.45. The smallest absolute Gasteiger partial charge is 0.224 e. The molecule has 0 spiro atoms. The van der Waals surface area contributed by atoms with Gasteiger partial charge in [-0.1, -0.05) is 11.6 Å². The molecule has 26 heavy (non-hydrogen) atoms. The summed E-state index contributed by atoms with van der Waals surface area (Å²) in [6, 6.07) is 11.0. The van der Waals surface area contributed by atoms with E-state index in [0.717, 1.165) is 28.3 Å². The number of benzene rings is 2. The molecule has 0 aliphatic carbocycles. The Morgan fingerprint density at radius 1 is 1.23 bits per heavy atom. The molecule has 5 nitrogen and oxygen atoms in total. The highest BCUT2D eigenvalue weighted by molar-refractivity contribution is 6.30. The third kappa shape index (κ3) is 4.76. The van der Waals surface area contributed by atoms with Crippen molar-refractivity contribution in [2.24, 2.45) is 0 Å². The van der Waals surface area contributed by atoms with Crippen LogP contribution in [0.4, 0.5) is 11.4 Å². The lowest BCUT2D eigenvalue weighted by Crippen LogP contribution is -2.19. The van der Waals surface area contributed by atoms with Gasteiger partial charge in [-0.2, -0.15) is 0 Å². The molecule has 2 aromatic rings. The highest BCUT2D eigenvalue weighted by Crippen LogP contribution is 2.26. The molecule has 0 fully saturated rings. The number of carbonyl (C=O) groups excluding carboxylic acids is 2. The molecule has 0 radical (unpaired) electrons. The van der Waals surface area contributed by atoms with Gasteiger partial charge in [0.2, 0.25) is 11.8 Å². The zero-order valence-electron chi connectivity index (χ0n) is 14.6. The van der Waals surface area contributed by atoms with Gasteiger partial charge in [0.05, 0.1) is 6.61 Å². The Labute approximate surface area is 157 Å². The van der Waals surface area contributed by atoms with Gasteiger partial charge >= 0.3 is 0 Å². The van der Waals surface area contributed by atoms with Crippen LogP contribution in [0.5, 0.6) is 5.75 Å². The van der Waals surface area contributed by atoms with E-state index in [9.17, 15) is 9.59 Å². The zero-order chi connectivity index (χ0) is 18.5. The van der Waals surface area contributed by atoms with Gasteiger partial charge in [0.25, 0.3) is 0 Å².